The van der Waals surface area contributed by atoms with Gasteiger partial charge in [-0.25, -0.2) is 14.6 Å². The Morgan fingerprint density at radius 2 is 1.89 bits per heavy atom. The molecule has 0 atom stereocenters. The minimum atomic E-state index is -0.0392. The molecule has 2 aromatic heterocycles. The monoisotopic (exact) mass is 481 g/mol. The zero-order valence-electron chi connectivity index (χ0n) is 20.8. The number of likely N-dealkylation sites (N-methyl/N-ethyl adjacent to an activating group) is 1. The molecule has 2 aromatic carbocycles. The van der Waals surface area contributed by atoms with Gasteiger partial charge in [0, 0.05) is 49.9 Å². The molecule has 1 aliphatic heterocycles. The Morgan fingerprint density at radius 1 is 1.06 bits per heavy atom. The van der Waals surface area contributed by atoms with E-state index < -0.39 is 0 Å². The molecule has 1 N–H and O–H groups in total. The smallest absolute Gasteiger partial charge is 0.251 e. The third-order valence-electron chi connectivity index (χ3n) is 7.18. The van der Waals surface area contributed by atoms with Gasteiger partial charge in [-0.2, -0.15) is 5.10 Å². The van der Waals surface area contributed by atoms with Crippen molar-refractivity contribution in [1.29, 1.82) is 0 Å². The topological polar surface area (TPSA) is 79.2 Å². The predicted octanol–water partition coefficient (Wildman–Crippen LogP) is 3.43. The maximum atomic E-state index is 12.6. The zero-order chi connectivity index (χ0) is 24.6. The molecule has 1 saturated carbocycles. The third-order valence-corrected chi connectivity index (χ3v) is 7.18. The quantitative estimate of drug-likeness (QED) is 0.455. The van der Waals surface area contributed by atoms with Crippen molar-refractivity contribution in [3.05, 3.63) is 71.7 Å². The van der Waals surface area contributed by atoms with Crippen LogP contribution in [0.3, 0.4) is 0 Å². The molecule has 0 radical (unpaired) electrons. The van der Waals surface area contributed by atoms with E-state index in [2.05, 4.69) is 61.5 Å². The number of carbonyl (C=O) groups is 1. The number of aryl methyl sites for hydroxylation is 1. The molecule has 1 aliphatic carbocycles. The lowest BCUT2D eigenvalue weighted by molar-refractivity contribution is 0.0951. The average molecular weight is 482 g/mol. The lowest BCUT2D eigenvalue weighted by Gasteiger charge is -2.32. The minimum Gasteiger partial charge on any atom is -0.349 e. The fraction of sp³-hybridized carbons (Fsp3) is 0.357. The number of nitrogens with zero attached hydrogens (tertiary/aromatic N) is 6. The SMILES string of the molecule is Cc1ccc(C(=O)NC2CC2)cc1-n1ncc2c(-c3cccc(CN4CCN(C)CC4)c3)ncnc21. The number of rotatable bonds is 6. The maximum Gasteiger partial charge on any atom is 0.251 e. The van der Waals surface area contributed by atoms with Crippen LogP contribution < -0.4 is 5.32 Å². The Labute approximate surface area is 211 Å². The number of benzene rings is 2. The van der Waals surface area contributed by atoms with Crippen molar-refractivity contribution in [2.75, 3.05) is 33.2 Å². The number of aromatic nitrogens is 4. The van der Waals surface area contributed by atoms with Gasteiger partial charge in [-0.05, 0) is 56.1 Å². The highest BCUT2D eigenvalue weighted by molar-refractivity contribution is 5.96. The van der Waals surface area contributed by atoms with Crippen molar-refractivity contribution in [2.45, 2.75) is 32.4 Å². The molecule has 0 spiro atoms. The zero-order valence-corrected chi connectivity index (χ0v) is 20.8. The van der Waals surface area contributed by atoms with E-state index in [0.717, 1.165) is 79.1 Å². The largest absolute Gasteiger partial charge is 0.349 e. The summed E-state index contributed by atoms with van der Waals surface area (Å²) in [5.41, 5.74) is 6.44. The number of hydrogen-bond acceptors (Lipinski definition) is 6. The van der Waals surface area contributed by atoms with Crippen LogP contribution in [0, 0.1) is 6.92 Å². The van der Waals surface area contributed by atoms with E-state index in [1.165, 1.54) is 5.56 Å². The Kier molecular flexibility index (Phi) is 5.99. The van der Waals surface area contributed by atoms with Gasteiger partial charge in [0.2, 0.25) is 0 Å². The van der Waals surface area contributed by atoms with Crippen LogP contribution in [0.5, 0.6) is 0 Å². The molecular weight excluding hydrogens is 450 g/mol. The predicted molar refractivity (Wildman–Crippen MR) is 140 cm³/mol. The van der Waals surface area contributed by atoms with Gasteiger partial charge in [0.05, 0.1) is 23.0 Å². The molecule has 4 aromatic rings. The molecular formula is C28H31N7O. The standard InChI is InChI=1S/C28H31N7O/c1-19-6-7-22(28(36)32-23-8-9-23)15-25(19)35-27-24(16-31-35)26(29-18-30-27)21-5-3-4-20(14-21)17-34-12-10-33(2)11-13-34/h3-7,14-16,18,23H,8-13,17H2,1-2H3,(H,32,36). The lowest BCUT2D eigenvalue weighted by Crippen LogP contribution is -2.43. The first kappa shape index (κ1) is 22.8. The Bertz CT molecular complexity index is 1420. The molecule has 1 saturated heterocycles. The maximum absolute atomic E-state index is 12.6. The van der Waals surface area contributed by atoms with Crippen LogP contribution in [0.4, 0.5) is 0 Å². The normalized spacial score (nSPS) is 16.9. The van der Waals surface area contributed by atoms with Gasteiger partial charge in [0.15, 0.2) is 5.65 Å². The molecule has 8 nitrogen and oxygen atoms in total. The molecule has 3 heterocycles. The van der Waals surface area contributed by atoms with Crippen molar-refractivity contribution < 1.29 is 4.79 Å². The lowest BCUT2D eigenvalue weighted by atomic mass is 10.1. The average Bonchev–Trinajstić information content (AvgIpc) is 3.60. The van der Waals surface area contributed by atoms with Gasteiger partial charge < -0.3 is 10.2 Å². The Hall–Kier alpha value is -3.62. The molecule has 2 aliphatic rings. The summed E-state index contributed by atoms with van der Waals surface area (Å²) >= 11 is 0. The summed E-state index contributed by atoms with van der Waals surface area (Å²) in [7, 11) is 2.18. The van der Waals surface area contributed by atoms with Gasteiger partial charge in [0.1, 0.15) is 6.33 Å². The highest BCUT2D eigenvalue weighted by Gasteiger charge is 2.24. The summed E-state index contributed by atoms with van der Waals surface area (Å²) in [6.45, 7) is 7.34. The molecule has 184 valence electrons. The van der Waals surface area contributed by atoms with E-state index in [9.17, 15) is 4.79 Å². The number of hydrogen-bond donors (Lipinski definition) is 1. The molecule has 0 bridgehead atoms. The van der Waals surface area contributed by atoms with Crippen molar-refractivity contribution in [3.63, 3.8) is 0 Å². The third kappa shape index (κ3) is 4.62. The summed E-state index contributed by atoms with van der Waals surface area (Å²) in [5, 5.41) is 8.64. The second-order valence-corrected chi connectivity index (χ2v) is 10.0. The van der Waals surface area contributed by atoms with Gasteiger partial charge in [-0.1, -0.05) is 24.3 Å². The molecule has 1 amide bonds. The van der Waals surface area contributed by atoms with Crippen LogP contribution in [0.25, 0.3) is 28.0 Å². The molecule has 8 heteroatoms. The first-order valence-electron chi connectivity index (χ1n) is 12.7. The van der Waals surface area contributed by atoms with Crippen LogP contribution in [-0.2, 0) is 6.54 Å². The van der Waals surface area contributed by atoms with Crippen molar-refractivity contribution in [2.24, 2.45) is 0 Å². The van der Waals surface area contributed by atoms with Crippen molar-refractivity contribution >= 4 is 16.9 Å². The van der Waals surface area contributed by atoms with E-state index in [1.807, 2.05) is 36.0 Å². The number of nitrogens with one attached hydrogen (secondary N) is 1. The Balaban J connectivity index is 1.32. The van der Waals surface area contributed by atoms with Crippen LogP contribution in [0.2, 0.25) is 0 Å². The second-order valence-electron chi connectivity index (χ2n) is 10.0. The molecule has 2 fully saturated rings. The summed E-state index contributed by atoms with van der Waals surface area (Å²) in [6, 6.07) is 14.7. The van der Waals surface area contributed by atoms with E-state index >= 15 is 0 Å². The van der Waals surface area contributed by atoms with Gasteiger partial charge in [0.25, 0.3) is 5.91 Å². The number of piperazine rings is 1. The van der Waals surface area contributed by atoms with Crippen molar-refractivity contribution in [1.82, 2.24) is 34.9 Å². The van der Waals surface area contributed by atoms with Gasteiger partial charge >= 0.3 is 0 Å². The second kappa shape index (κ2) is 9.44. The first-order valence-corrected chi connectivity index (χ1v) is 12.7. The summed E-state index contributed by atoms with van der Waals surface area (Å²) in [5.74, 6) is -0.0392. The summed E-state index contributed by atoms with van der Waals surface area (Å²) < 4.78 is 1.82. The van der Waals surface area contributed by atoms with E-state index in [-0.39, 0.29) is 5.91 Å². The fourth-order valence-corrected chi connectivity index (χ4v) is 4.81. The Morgan fingerprint density at radius 3 is 2.69 bits per heavy atom. The minimum absolute atomic E-state index is 0.0392. The van der Waals surface area contributed by atoms with Crippen LogP contribution in [-0.4, -0.2) is 74.7 Å². The highest BCUT2D eigenvalue weighted by atomic mass is 16.1. The highest BCUT2D eigenvalue weighted by Crippen LogP contribution is 2.29. The number of carbonyl (C=O) groups excluding carboxylic acids is 1. The van der Waals surface area contributed by atoms with Crippen LogP contribution >= 0.6 is 0 Å². The summed E-state index contributed by atoms with van der Waals surface area (Å²) in [6.07, 6.45) is 5.55. The van der Waals surface area contributed by atoms with E-state index in [4.69, 9.17) is 0 Å². The van der Waals surface area contributed by atoms with Gasteiger partial charge in [-0.3, -0.25) is 9.69 Å². The van der Waals surface area contributed by atoms with E-state index in [1.54, 1.807) is 6.33 Å². The fourth-order valence-electron chi connectivity index (χ4n) is 4.81. The molecule has 36 heavy (non-hydrogen) atoms. The van der Waals surface area contributed by atoms with Crippen LogP contribution in [0.15, 0.2) is 55.0 Å². The van der Waals surface area contributed by atoms with Crippen LogP contribution in [0.1, 0.15) is 34.3 Å². The molecule has 6 rings (SSSR count). The van der Waals surface area contributed by atoms with Crippen molar-refractivity contribution in [3.8, 4) is 16.9 Å². The van der Waals surface area contributed by atoms with E-state index in [0.29, 0.717) is 11.6 Å². The number of amides is 1. The first-order chi connectivity index (χ1) is 17.5. The summed E-state index contributed by atoms with van der Waals surface area (Å²) in [4.78, 5) is 26.7. The number of fused-ring (bicyclic) bond motifs is 1. The van der Waals surface area contributed by atoms with Gasteiger partial charge in [-0.15, -0.1) is 0 Å². The molecule has 0 unspecified atom stereocenters.